The van der Waals surface area contributed by atoms with Gasteiger partial charge in [0.25, 0.3) is 0 Å². The zero-order valence-corrected chi connectivity index (χ0v) is 11.1. The predicted molar refractivity (Wildman–Crippen MR) is 64.0 cm³/mol. The smallest absolute Gasteiger partial charge is 0.0929 e. The molecule has 0 amide bonds. The molecular weight excluding hydrogens is 455 g/mol. The summed E-state index contributed by atoms with van der Waals surface area (Å²) in [5.41, 5.74) is 1.36. The van der Waals surface area contributed by atoms with Crippen LogP contribution in [0.5, 0.6) is 0 Å². The number of halogens is 3. The zero-order valence-electron chi connectivity index (χ0n) is 4.66. The third-order valence-electron chi connectivity index (χ3n) is 1.02. The van der Waals surface area contributed by atoms with Crippen LogP contribution < -0.4 is 0 Å². The highest BCUT2D eigenvalue weighted by Gasteiger charge is 2.03. The van der Waals surface area contributed by atoms with E-state index < -0.39 is 0 Å². The summed E-state index contributed by atoms with van der Waals surface area (Å²) < 4.78 is 4.75. The lowest BCUT2D eigenvalue weighted by molar-refractivity contribution is 1.24. The van der Waals surface area contributed by atoms with E-state index in [0.29, 0.717) is 0 Å². The molecule has 1 aromatic rings. The zero-order chi connectivity index (χ0) is 7.02. The first-order chi connectivity index (χ1) is 4.13. The number of rotatable bonds is 0. The molecule has 9 heavy (non-hydrogen) atoms. The van der Waals surface area contributed by atoms with Crippen LogP contribution in [0.1, 0.15) is 5.56 Å². The molecule has 0 aliphatic heterocycles. The number of nitrogens with zero attached hydrogens (tertiary/aromatic N) is 1. The maximum absolute atomic E-state index is 2.34. The van der Waals surface area contributed by atoms with Crippen molar-refractivity contribution < 1.29 is 0 Å². The Morgan fingerprint density at radius 1 is 1.44 bits per heavy atom. The van der Waals surface area contributed by atoms with Crippen LogP contribution in [0.2, 0.25) is 0 Å². The number of hydrogen-bond acceptors (Lipinski definition) is 0. The van der Waals surface area contributed by atoms with Crippen LogP contribution >= 0.6 is 68.0 Å². The molecule has 50 valence electrons. The van der Waals surface area contributed by atoms with Gasteiger partial charge in [0.2, 0.25) is 0 Å². The highest BCUT2D eigenvalue weighted by molar-refractivity contribution is 14.1. The van der Waals surface area contributed by atoms with Crippen molar-refractivity contribution in [3.63, 3.8) is 0 Å². The summed E-state index contributed by atoms with van der Waals surface area (Å²) in [6.07, 6.45) is 0. The molecule has 4 heteroatoms. The SMILES string of the molecule is Cc1cc(I)n(I)c1I. The summed E-state index contributed by atoms with van der Waals surface area (Å²) in [6, 6.07) is 2.18. The van der Waals surface area contributed by atoms with Crippen molar-refractivity contribution in [2.75, 3.05) is 0 Å². The number of aromatic nitrogens is 1. The Morgan fingerprint density at radius 2 is 2.00 bits per heavy atom. The number of hydrogen-bond donors (Lipinski definition) is 0. The standard InChI is InChI=1S/C5H4I3N/c1-3-2-4(6)9(8)5(3)7/h2H,1H3. The van der Waals surface area contributed by atoms with Crippen LogP contribution in [0.4, 0.5) is 0 Å². The van der Waals surface area contributed by atoms with Gasteiger partial charge in [-0.05, 0) is 63.7 Å². The Balaban J connectivity index is 3.29. The summed E-state index contributed by atoms with van der Waals surface area (Å²) in [5, 5.41) is 0. The first-order valence-electron chi connectivity index (χ1n) is 2.32. The van der Waals surface area contributed by atoms with E-state index >= 15 is 0 Å². The predicted octanol–water partition coefficient (Wildman–Crippen LogP) is 3.20. The van der Waals surface area contributed by atoms with Crippen LogP contribution in [-0.4, -0.2) is 2.78 Å². The minimum Gasteiger partial charge on any atom is -0.271 e. The molecule has 1 heterocycles. The molecule has 0 aliphatic rings. The fraction of sp³-hybridized carbons (Fsp3) is 0.200. The second-order valence-corrected chi connectivity index (χ2v) is 4.81. The minimum atomic E-state index is 1.29. The van der Waals surface area contributed by atoms with Gasteiger partial charge in [-0.3, -0.25) is 2.78 Å². The molecule has 0 aliphatic carbocycles. The van der Waals surface area contributed by atoms with E-state index in [1.165, 1.54) is 13.0 Å². The van der Waals surface area contributed by atoms with Gasteiger partial charge in [0.15, 0.2) is 0 Å². The van der Waals surface area contributed by atoms with E-state index in [1.54, 1.807) is 0 Å². The molecule has 0 aromatic carbocycles. The Bertz CT molecular complexity index is 206. The van der Waals surface area contributed by atoms with E-state index in [0.717, 1.165) is 0 Å². The van der Waals surface area contributed by atoms with E-state index in [2.05, 4.69) is 83.8 Å². The monoisotopic (exact) mass is 459 g/mol. The minimum absolute atomic E-state index is 1.29. The lowest BCUT2D eigenvalue weighted by atomic mass is 10.4. The van der Waals surface area contributed by atoms with Crippen molar-refractivity contribution in [1.29, 1.82) is 0 Å². The van der Waals surface area contributed by atoms with Crippen molar-refractivity contribution >= 4 is 68.0 Å². The first kappa shape index (κ1) is 8.57. The normalized spacial score (nSPS) is 10.2. The number of aryl methyl sites for hydroxylation is 1. The fourth-order valence-corrected chi connectivity index (χ4v) is 2.65. The molecular formula is C5H4I3N. The van der Waals surface area contributed by atoms with Crippen molar-refractivity contribution in [2.24, 2.45) is 0 Å². The summed E-state index contributed by atoms with van der Waals surface area (Å²) in [7, 11) is 0. The molecule has 0 fully saturated rings. The maximum atomic E-state index is 2.34. The van der Waals surface area contributed by atoms with E-state index in [1.807, 2.05) is 0 Å². The quantitative estimate of drug-likeness (QED) is 0.526. The van der Waals surface area contributed by atoms with Gasteiger partial charge in [0.1, 0.15) is 0 Å². The molecule has 1 aromatic heterocycles. The molecule has 0 spiro atoms. The van der Waals surface area contributed by atoms with Gasteiger partial charge in [-0.1, -0.05) is 0 Å². The second kappa shape index (κ2) is 3.24. The van der Waals surface area contributed by atoms with Crippen LogP contribution in [0.3, 0.4) is 0 Å². The maximum Gasteiger partial charge on any atom is 0.0929 e. The summed E-state index contributed by atoms with van der Waals surface area (Å²) in [4.78, 5) is 0. The van der Waals surface area contributed by atoms with Crippen molar-refractivity contribution in [3.8, 4) is 0 Å². The molecule has 0 bridgehead atoms. The van der Waals surface area contributed by atoms with Crippen LogP contribution in [0.25, 0.3) is 0 Å². The molecule has 1 nitrogen and oxygen atoms in total. The van der Waals surface area contributed by atoms with Crippen LogP contribution in [0.15, 0.2) is 6.07 Å². The van der Waals surface area contributed by atoms with E-state index in [9.17, 15) is 0 Å². The van der Waals surface area contributed by atoms with Gasteiger partial charge in [0, 0.05) is 0 Å². The van der Waals surface area contributed by atoms with Gasteiger partial charge >= 0.3 is 0 Å². The molecule has 0 atom stereocenters. The third kappa shape index (κ3) is 1.73. The summed E-state index contributed by atoms with van der Waals surface area (Å²) in [6.45, 7) is 2.12. The summed E-state index contributed by atoms with van der Waals surface area (Å²) >= 11 is 6.95. The molecule has 0 unspecified atom stereocenters. The molecule has 1 rings (SSSR count). The van der Waals surface area contributed by atoms with Crippen molar-refractivity contribution in [1.82, 2.24) is 2.78 Å². The lowest BCUT2D eigenvalue weighted by Crippen LogP contribution is -1.83. The molecule has 0 N–H and O–H groups in total. The lowest BCUT2D eigenvalue weighted by Gasteiger charge is -1.91. The Kier molecular flexibility index (Phi) is 3.09. The van der Waals surface area contributed by atoms with Gasteiger partial charge < -0.3 is 0 Å². The van der Waals surface area contributed by atoms with Crippen molar-refractivity contribution in [3.05, 3.63) is 19.0 Å². The topological polar surface area (TPSA) is 4.93 Å². The molecule has 0 saturated heterocycles. The van der Waals surface area contributed by atoms with Crippen LogP contribution in [0, 0.1) is 14.3 Å². The van der Waals surface area contributed by atoms with E-state index in [-0.39, 0.29) is 0 Å². The molecule has 0 radical (unpaired) electrons. The highest BCUT2D eigenvalue weighted by Crippen LogP contribution is 2.21. The van der Waals surface area contributed by atoms with Crippen LogP contribution in [-0.2, 0) is 0 Å². The average Bonchev–Trinajstić information content (AvgIpc) is 1.98. The Labute approximate surface area is 95.4 Å². The highest BCUT2D eigenvalue weighted by atomic mass is 127. The summed E-state index contributed by atoms with van der Waals surface area (Å²) in [5.74, 6) is 0. The van der Waals surface area contributed by atoms with Gasteiger partial charge in [-0.25, -0.2) is 0 Å². The Morgan fingerprint density at radius 3 is 2.11 bits per heavy atom. The Hall–Kier alpha value is 1.47. The van der Waals surface area contributed by atoms with Gasteiger partial charge in [-0.15, -0.1) is 0 Å². The van der Waals surface area contributed by atoms with Gasteiger partial charge in [0.05, 0.1) is 30.3 Å². The third-order valence-corrected chi connectivity index (χ3v) is 6.00. The van der Waals surface area contributed by atoms with E-state index in [4.69, 9.17) is 0 Å². The van der Waals surface area contributed by atoms with Crippen molar-refractivity contribution in [2.45, 2.75) is 6.92 Å². The first-order valence-corrected chi connectivity index (χ1v) is 5.44. The fourth-order valence-electron chi connectivity index (χ4n) is 0.543. The molecule has 0 saturated carbocycles. The largest absolute Gasteiger partial charge is 0.271 e. The second-order valence-electron chi connectivity index (χ2n) is 1.72. The average molecular weight is 459 g/mol. The van der Waals surface area contributed by atoms with Gasteiger partial charge in [-0.2, -0.15) is 0 Å².